The molecule has 3 aliphatic rings. The van der Waals surface area contributed by atoms with Gasteiger partial charge in [-0.3, -0.25) is 9.59 Å². The van der Waals surface area contributed by atoms with Gasteiger partial charge in [-0.25, -0.2) is 0 Å². The lowest BCUT2D eigenvalue weighted by Gasteiger charge is -2.37. The third kappa shape index (κ3) is 4.34. The smallest absolute Gasteiger partial charge is 0.251 e. The van der Waals surface area contributed by atoms with Gasteiger partial charge in [-0.1, -0.05) is 12.8 Å². The fraction of sp³-hybridized carbons (Fsp3) is 0.619. The predicted octanol–water partition coefficient (Wildman–Crippen LogP) is 2.74. The number of carbonyl (C=O) groups is 2. The maximum atomic E-state index is 13.0. The first kappa shape index (κ1) is 21.1. The molecule has 154 valence electrons. The maximum Gasteiger partial charge on any atom is 0.251 e. The lowest BCUT2D eigenvalue weighted by atomic mass is 9.67. The molecule has 1 saturated carbocycles. The summed E-state index contributed by atoms with van der Waals surface area (Å²) in [4.78, 5) is 25.4. The summed E-state index contributed by atoms with van der Waals surface area (Å²) in [7, 11) is 0. The van der Waals surface area contributed by atoms with Crippen molar-refractivity contribution in [3.8, 4) is 0 Å². The monoisotopic (exact) mass is 407 g/mol. The van der Waals surface area contributed by atoms with E-state index in [0.29, 0.717) is 24.7 Å². The van der Waals surface area contributed by atoms with E-state index in [-0.39, 0.29) is 35.7 Å². The Balaban J connectivity index is 0.00000225. The van der Waals surface area contributed by atoms with Gasteiger partial charge in [0.05, 0.1) is 5.41 Å². The van der Waals surface area contributed by atoms with Crippen molar-refractivity contribution >= 4 is 29.9 Å². The van der Waals surface area contributed by atoms with Crippen LogP contribution in [0.1, 0.15) is 48.9 Å². The molecule has 3 N–H and O–H groups in total. The molecule has 4 rings (SSSR count). The van der Waals surface area contributed by atoms with Crippen molar-refractivity contribution in [1.82, 2.24) is 10.6 Å². The van der Waals surface area contributed by atoms with Crippen molar-refractivity contribution in [3.05, 3.63) is 29.8 Å². The Hall–Kier alpha value is -1.63. The number of rotatable bonds is 4. The second-order valence-electron chi connectivity index (χ2n) is 8.12. The van der Waals surface area contributed by atoms with Crippen LogP contribution in [0.25, 0.3) is 0 Å². The number of anilines is 1. The zero-order valence-electron chi connectivity index (χ0n) is 16.2. The average molecular weight is 408 g/mol. The lowest BCUT2D eigenvalue weighted by molar-refractivity contribution is -0.128. The van der Waals surface area contributed by atoms with Crippen molar-refractivity contribution in [2.24, 2.45) is 11.3 Å². The molecule has 7 heteroatoms. The Morgan fingerprint density at radius 3 is 2.57 bits per heavy atom. The second kappa shape index (κ2) is 9.25. The van der Waals surface area contributed by atoms with Crippen LogP contribution in [0.2, 0.25) is 0 Å². The summed E-state index contributed by atoms with van der Waals surface area (Å²) in [5.74, 6) is 0.498. The Morgan fingerprint density at radius 1 is 1.07 bits per heavy atom. The first-order valence-electron chi connectivity index (χ1n) is 10.2. The van der Waals surface area contributed by atoms with Gasteiger partial charge in [0.2, 0.25) is 5.91 Å². The molecular weight excluding hydrogens is 378 g/mol. The highest BCUT2D eigenvalue weighted by Gasteiger charge is 2.49. The highest BCUT2D eigenvalue weighted by molar-refractivity contribution is 5.98. The van der Waals surface area contributed by atoms with E-state index in [2.05, 4.69) is 16.0 Å². The lowest BCUT2D eigenvalue weighted by Crippen LogP contribution is -2.44. The van der Waals surface area contributed by atoms with Crippen LogP contribution in [-0.4, -0.2) is 44.2 Å². The van der Waals surface area contributed by atoms with Crippen LogP contribution in [0.5, 0.6) is 0 Å². The topological polar surface area (TPSA) is 79.5 Å². The number of hydrogen-bond donors (Lipinski definition) is 3. The Bertz CT molecular complexity index is 691. The minimum atomic E-state index is -0.267. The van der Waals surface area contributed by atoms with Gasteiger partial charge in [0, 0.05) is 37.1 Å². The van der Waals surface area contributed by atoms with Crippen LogP contribution in [0.15, 0.2) is 24.3 Å². The number of fused-ring (bicyclic) bond motifs is 1. The zero-order valence-corrected chi connectivity index (χ0v) is 17.0. The van der Waals surface area contributed by atoms with Gasteiger partial charge in [0.15, 0.2) is 0 Å². The molecule has 0 radical (unpaired) electrons. The normalized spacial score (nSPS) is 27.4. The summed E-state index contributed by atoms with van der Waals surface area (Å²) in [6.45, 7) is 3.12. The number of amides is 2. The summed E-state index contributed by atoms with van der Waals surface area (Å²) in [6, 6.07) is 7.41. The van der Waals surface area contributed by atoms with Crippen molar-refractivity contribution in [2.45, 2.75) is 44.6 Å². The van der Waals surface area contributed by atoms with Gasteiger partial charge in [-0.15, -0.1) is 12.4 Å². The van der Waals surface area contributed by atoms with Gasteiger partial charge < -0.3 is 20.7 Å². The largest absolute Gasteiger partial charge is 0.381 e. The Kier molecular flexibility index (Phi) is 6.96. The standard InChI is InChI=1S/C21H29N3O3.ClH/c25-19(23-18-8-11-27-12-9-18)15-4-6-17(7-5-15)24-20(26)21-10-2-1-3-16(21)13-22-14-21;/h4-7,16,18,22H,1-3,8-14H2,(H,23,25)(H,24,26);1H/t16-,21+;/m0./s1. The number of benzene rings is 1. The molecule has 2 atom stereocenters. The molecule has 1 aromatic rings. The van der Waals surface area contributed by atoms with E-state index in [9.17, 15) is 9.59 Å². The van der Waals surface area contributed by atoms with E-state index in [1.165, 1.54) is 6.42 Å². The summed E-state index contributed by atoms with van der Waals surface area (Å²) >= 11 is 0. The first-order valence-corrected chi connectivity index (χ1v) is 10.2. The molecule has 2 aliphatic heterocycles. The second-order valence-corrected chi connectivity index (χ2v) is 8.12. The SMILES string of the molecule is Cl.O=C(NC1CCOCC1)c1ccc(NC(=O)[C@@]23CCCC[C@H]2CNC3)cc1. The molecule has 1 aliphatic carbocycles. The van der Waals surface area contributed by atoms with Gasteiger partial charge in [-0.05, 0) is 62.4 Å². The van der Waals surface area contributed by atoms with Crippen molar-refractivity contribution in [1.29, 1.82) is 0 Å². The van der Waals surface area contributed by atoms with Crippen LogP contribution in [-0.2, 0) is 9.53 Å². The van der Waals surface area contributed by atoms with Gasteiger partial charge in [0.25, 0.3) is 5.91 Å². The highest BCUT2D eigenvalue weighted by atomic mass is 35.5. The fourth-order valence-electron chi connectivity index (χ4n) is 4.76. The molecule has 2 amide bonds. The van der Waals surface area contributed by atoms with Gasteiger partial charge in [0.1, 0.15) is 0 Å². The highest BCUT2D eigenvalue weighted by Crippen LogP contribution is 2.44. The van der Waals surface area contributed by atoms with Crippen molar-refractivity contribution < 1.29 is 14.3 Å². The molecule has 0 spiro atoms. The molecule has 6 nitrogen and oxygen atoms in total. The average Bonchev–Trinajstić information content (AvgIpc) is 3.15. The van der Waals surface area contributed by atoms with E-state index in [1.54, 1.807) is 12.1 Å². The first-order chi connectivity index (χ1) is 13.2. The number of carbonyl (C=O) groups excluding carboxylic acids is 2. The molecule has 3 fully saturated rings. The fourth-order valence-corrected chi connectivity index (χ4v) is 4.76. The third-order valence-corrected chi connectivity index (χ3v) is 6.45. The van der Waals surface area contributed by atoms with Crippen LogP contribution in [0.4, 0.5) is 5.69 Å². The molecule has 0 bridgehead atoms. The molecule has 0 aromatic heterocycles. The van der Waals surface area contributed by atoms with E-state index in [1.807, 2.05) is 12.1 Å². The molecule has 2 saturated heterocycles. The summed E-state index contributed by atoms with van der Waals surface area (Å²) in [5.41, 5.74) is 1.11. The van der Waals surface area contributed by atoms with Crippen molar-refractivity contribution in [2.75, 3.05) is 31.6 Å². The molecular formula is C21H30ClN3O3. The molecule has 28 heavy (non-hydrogen) atoms. The molecule has 0 unspecified atom stereocenters. The van der Waals surface area contributed by atoms with E-state index in [4.69, 9.17) is 4.74 Å². The number of halogens is 1. The van der Waals surface area contributed by atoms with Gasteiger partial charge in [-0.2, -0.15) is 0 Å². The maximum absolute atomic E-state index is 13.0. The van der Waals surface area contributed by atoms with Crippen LogP contribution in [0.3, 0.4) is 0 Å². The third-order valence-electron chi connectivity index (χ3n) is 6.45. The minimum Gasteiger partial charge on any atom is -0.381 e. The minimum absolute atomic E-state index is 0. The van der Waals surface area contributed by atoms with Crippen LogP contribution >= 0.6 is 12.4 Å². The van der Waals surface area contributed by atoms with Crippen molar-refractivity contribution in [3.63, 3.8) is 0 Å². The predicted molar refractivity (Wildman–Crippen MR) is 111 cm³/mol. The molecule has 2 heterocycles. The van der Waals surface area contributed by atoms with Crippen LogP contribution in [0, 0.1) is 11.3 Å². The van der Waals surface area contributed by atoms with E-state index < -0.39 is 0 Å². The summed E-state index contributed by atoms with van der Waals surface area (Å²) < 4.78 is 5.32. The van der Waals surface area contributed by atoms with Gasteiger partial charge >= 0.3 is 0 Å². The Morgan fingerprint density at radius 2 is 1.82 bits per heavy atom. The summed E-state index contributed by atoms with van der Waals surface area (Å²) in [5, 5.41) is 9.57. The van der Waals surface area contributed by atoms with E-state index >= 15 is 0 Å². The Labute approximate surface area is 172 Å². The number of nitrogens with one attached hydrogen (secondary N) is 3. The van der Waals surface area contributed by atoms with E-state index in [0.717, 1.165) is 50.9 Å². The number of hydrogen-bond acceptors (Lipinski definition) is 4. The van der Waals surface area contributed by atoms with Crippen LogP contribution < -0.4 is 16.0 Å². The number of ether oxygens (including phenoxy) is 1. The summed E-state index contributed by atoms with van der Waals surface area (Å²) in [6.07, 6.45) is 6.15. The molecule has 1 aromatic carbocycles. The zero-order chi connectivity index (χ0) is 18.7. The quantitative estimate of drug-likeness (QED) is 0.717.